The average Bonchev–Trinajstić information content (AvgIpc) is 3.20. The van der Waals surface area contributed by atoms with Crippen LogP contribution < -0.4 is 10.6 Å². The summed E-state index contributed by atoms with van der Waals surface area (Å²) in [6.07, 6.45) is 4.64. The molecule has 1 aromatic carbocycles. The van der Waals surface area contributed by atoms with Crippen molar-refractivity contribution in [1.82, 2.24) is 20.4 Å². The van der Waals surface area contributed by atoms with E-state index in [4.69, 9.17) is 0 Å². The minimum absolute atomic E-state index is 0. The summed E-state index contributed by atoms with van der Waals surface area (Å²) in [5, 5.41) is 11.1. The molecule has 2 N–H and O–H groups in total. The maximum atomic E-state index is 14.5. The molecule has 2 unspecified atom stereocenters. The van der Waals surface area contributed by atoms with Crippen LogP contribution in [0.5, 0.6) is 0 Å². The van der Waals surface area contributed by atoms with Gasteiger partial charge in [-0.05, 0) is 70.2 Å². The molecular formula is C20H26ClFN4O. The van der Waals surface area contributed by atoms with Crippen LogP contribution in [-0.2, 0) is 12.8 Å². The largest absolute Gasteiger partial charge is 0.346 e. The molecule has 1 amide bonds. The monoisotopic (exact) mass is 392 g/mol. The van der Waals surface area contributed by atoms with Crippen LogP contribution >= 0.6 is 12.4 Å². The second-order valence-corrected chi connectivity index (χ2v) is 7.46. The van der Waals surface area contributed by atoms with E-state index < -0.39 is 0 Å². The number of fused-ring (bicyclic) bond motifs is 1. The molecule has 0 bridgehead atoms. The zero-order chi connectivity index (χ0) is 18.3. The lowest BCUT2D eigenvalue weighted by molar-refractivity contribution is 0.0913. The first-order valence-corrected chi connectivity index (χ1v) is 9.46. The first kappa shape index (κ1) is 19.8. The molecule has 4 rings (SSSR count). The number of rotatable bonds is 3. The molecule has 0 saturated carbocycles. The molecule has 5 nitrogen and oxygen atoms in total. The molecule has 27 heavy (non-hydrogen) atoms. The van der Waals surface area contributed by atoms with Gasteiger partial charge in [0.2, 0.25) is 0 Å². The quantitative estimate of drug-likeness (QED) is 0.843. The maximum absolute atomic E-state index is 14.5. The zero-order valence-corrected chi connectivity index (χ0v) is 16.5. The number of hydrogen-bond acceptors (Lipinski definition) is 3. The third-order valence-electron chi connectivity index (χ3n) is 5.55. The third-order valence-corrected chi connectivity index (χ3v) is 5.55. The smallest absolute Gasteiger partial charge is 0.272 e. The number of aromatic nitrogens is 2. The van der Waals surface area contributed by atoms with Gasteiger partial charge in [0, 0.05) is 23.3 Å². The number of carbonyl (C=O) groups is 1. The van der Waals surface area contributed by atoms with Crippen molar-refractivity contribution in [3.05, 3.63) is 46.5 Å². The molecule has 1 aliphatic carbocycles. The normalized spacial score (nSPS) is 21.4. The minimum Gasteiger partial charge on any atom is -0.346 e. The number of nitrogens with zero attached hydrogens (tertiary/aromatic N) is 2. The highest BCUT2D eigenvalue weighted by molar-refractivity contribution is 5.94. The van der Waals surface area contributed by atoms with Crippen molar-refractivity contribution >= 4 is 18.3 Å². The minimum atomic E-state index is -0.306. The molecule has 1 saturated heterocycles. The van der Waals surface area contributed by atoms with E-state index in [-0.39, 0.29) is 36.2 Å². The van der Waals surface area contributed by atoms with E-state index in [2.05, 4.69) is 22.7 Å². The summed E-state index contributed by atoms with van der Waals surface area (Å²) in [5.41, 5.74) is 3.68. The molecule has 146 valence electrons. The van der Waals surface area contributed by atoms with Gasteiger partial charge in [-0.2, -0.15) is 5.10 Å². The SMILES string of the molecule is Cc1ccc(-n2nc(C(=O)NC3CCCNC3C)c3c2CCC3)c(F)c1.Cl. The van der Waals surface area contributed by atoms with Crippen molar-refractivity contribution in [2.45, 2.75) is 58.0 Å². The molecule has 0 spiro atoms. The lowest BCUT2D eigenvalue weighted by Gasteiger charge is -2.30. The number of nitrogens with one attached hydrogen (secondary N) is 2. The van der Waals surface area contributed by atoms with E-state index in [9.17, 15) is 9.18 Å². The standard InChI is InChI=1S/C20H25FN4O.ClH/c1-12-8-9-18(15(21)11-12)25-17-7-3-5-14(17)19(24-25)20(26)23-16-6-4-10-22-13(16)2;/h8-9,11,13,16,22H,3-7,10H2,1-2H3,(H,23,26);1H. The highest BCUT2D eigenvalue weighted by atomic mass is 35.5. The Bertz CT molecular complexity index is 851. The Labute approximate surface area is 165 Å². The van der Waals surface area contributed by atoms with E-state index >= 15 is 0 Å². The van der Waals surface area contributed by atoms with Gasteiger partial charge in [0.25, 0.3) is 5.91 Å². The van der Waals surface area contributed by atoms with Gasteiger partial charge in [0.05, 0.1) is 0 Å². The van der Waals surface area contributed by atoms with Gasteiger partial charge < -0.3 is 10.6 Å². The van der Waals surface area contributed by atoms with Crippen molar-refractivity contribution in [1.29, 1.82) is 0 Å². The molecule has 1 aliphatic heterocycles. The van der Waals surface area contributed by atoms with Crippen LogP contribution in [0.25, 0.3) is 5.69 Å². The Balaban J connectivity index is 0.00000210. The van der Waals surface area contributed by atoms with Crippen molar-refractivity contribution in [3.63, 3.8) is 0 Å². The fourth-order valence-corrected chi connectivity index (χ4v) is 4.08. The van der Waals surface area contributed by atoms with Crippen LogP contribution in [0.15, 0.2) is 18.2 Å². The Morgan fingerprint density at radius 3 is 2.89 bits per heavy atom. The van der Waals surface area contributed by atoms with Crippen LogP contribution in [0.1, 0.15) is 53.5 Å². The van der Waals surface area contributed by atoms with Crippen LogP contribution in [0, 0.1) is 12.7 Å². The van der Waals surface area contributed by atoms with E-state index in [0.717, 1.165) is 55.5 Å². The first-order chi connectivity index (χ1) is 12.5. The molecule has 2 atom stereocenters. The number of aryl methyl sites for hydroxylation is 1. The zero-order valence-electron chi connectivity index (χ0n) is 15.7. The van der Waals surface area contributed by atoms with E-state index in [1.165, 1.54) is 6.07 Å². The number of halogens is 2. The summed E-state index contributed by atoms with van der Waals surface area (Å²) >= 11 is 0. The number of carbonyl (C=O) groups excluding carboxylic acids is 1. The molecule has 2 heterocycles. The summed E-state index contributed by atoms with van der Waals surface area (Å²) in [7, 11) is 0. The molecule has 1 aromatic heterocycles. The highest BCUT2D eigenvalue weighted by Crippen LogP contribution is 2.29. The molecular weight excluding hydrogens is 367 g/mol. The van der Waals surface area contributed by atoms with Crippen molar-refractivity contribution in [2.75, 3.05) is 6.54 Å². The van der Waals surface area contributed by atoms with E-state index in [1.807, 2.05) is 13.0 Å². The van der Waals surface area contributed by atoms with Crippen molar-refractivity contribution in [2.24, 2.45) is 0 Å². The first-order valence-electron chi connectivity index (χ1n) is 9.46. The van der Waals surface area contributed by atoms with Crippen LogP contribution in [0.2, 0.25) is 0 Å². The average molecular weight is 393 g/mol. The predicted octanol–water partition coefficient (Wildman–Crippen LogP) is 3.10. The van der Waals surface area contributed by atoms with Gasteiger partial charge in [0.15, 0.2) is 5.69 Å². The number of hydrogen-bond donors (Lipinski definition) is 2. The predicted molar refractivity (Wildman–Crippen MR) is 105 cm³/mol. The number of amides is 1. The topological polar surface area (TPSA) is 59.0 Å². The Morgan fingerprint density at radius 2 is 2.15 bits per heavy atom. The molecule has 2 aliphatic rings. The van der Waals surface area contributed by atoms with Gasteiger partial charge in [-0.1, -0.05) is 6.07 Å². The Hall–Kier alpha value is -1.92. The summed E-state index contributed by atoms with van der Waals surface area (Å²) in [5.74, 6) is -0.450. The fourth-order valence-electron chi connectivity index (χ4n) is 4.08. The van der Waals surface area contributed by atoms with Gasteiger partial charge in [-0.25, -0.2) is 9.07 Å². The fraction of sp³-hybridized carbons (Fsp3) is 0.500. The van der Waals surface area contributed by atoms with Gasteiger partial charge >= 0.3 is 0 Å². The molecule has 7 heteroatoms. The number of benzene rings is 1. The summed E-state index contributed by atoms with van der Waals surface area (Å²) < 4.78 is 16.1. The van der Waals surface area contributed by atoms with Gasteiger partial charge in [0.1, 0.15) is 11.5 Å². The lowest BCUT2D eigenvalue weighted by Crippen LogP contribution is -2.52. The van der Waals surface area contributed by atoms with Crippen LogP contribution in [0.4, 0.5) is 4.39 Å². The molecule has 0 radical (unpaired) electrons. The summed E-state index contributed by atoms with van der Waals surface area (Å²) in [6.45, 7) is 4.94. The number of piperidine rings is 1. The Kier molecular flexibility index (Phi) is 5.86. The second kappa shape index (κ2) is 7.98. The maximum Gasteiger partial charge on any atom is 0.272 e. The van der Waals surface area contributed by atoms with Gasteiger partial charge in [-0.3, -0.25) is 4.79 Å². The third kappa shape index (κ3) is 3.73. The molecule has 2 aromatic rings. The Morgan fingerprint density at radius 1 is 1.33 bits per heavy atom. The highest BCUT2D eigenvalue weighted by Gasteiger charge is 2.30. The summed E-state index contributed by atoms with van der Waals surface area (Å²) in [6, 6.07) is 5.47. The van der Waals surface area contributed by atoms with Crippen LogP contribution in [0.3, 0.4) is 0 Å². The van der Waals surface area contributed by atoms with Crippen molar-refractivity contribution < 1.29 is 9.18 Å². The molecule has 1 fully saturated rings. The van der Waals surface area contributed by atoms with E-state index in [1.54, 1.807) is 10.7 Å². The van der Waals surface area contributed by atoms with Gasteiger partial charge in [-0.15, -0.1) is 12.4 Å². The summed E-state index contributed by atoms with van der Waals surface area (Å²) in [4.78, 5) is 12.9. The lowest BCUT2D eigenvalue weighted by atomic mass is 9.99. The van der Waals surface area contributed by atoms with Crippen molar-refractivity contribution in [3.8, 4) is 5.69 Å². The van der Waals surface area contributed by atoms with Crippen LogP contribution in [-0.4, -0.2) is 34.3 Å². The second-order valence-electron chi connectivity index (χ2n) is 7.46. The van der Waals surface area contributed by atoms with E-state index in [0.29, 0.717) is 11.4 Å².